The zero-order chi connectivity index (χ0) is 16.3. The summed E-state index contributed by atoms with van der Waals surface area (Å²) in [6.45, 7) is 0. The summed E-state index contributed by atoms with van der Waals surface area (Å²) in [6, 6.07) is 3.57. The van der Waals surface area contributed by atoms with Gasteiger partial charge in [0.05, 0.1) is 21.3 Å². The number of nitrogens with two attached hydrogens (primary N) is 1. The number of nitrogen functional groups attached to an aromatic ring is 1. The first-order chi connectivity index (χ1) is 10.5. The Morgan fingerprint density at radius 1 is 1.14 bits per heavy atom. The van der Waals surface area contributed by atoms with Crippen LogP contribution in [0.2, 0.25) is 0 Å². The van der Waals surface area contributed by atoms with Gasteiger partial charge in [0.15, 0.2) is 11.5 Å². The maximum absolute atomic E-state index is 9.64. The van der Waals surface area contributed by atoms with Gasteiger partial charge in [-0.3, -0.25) is 5.41 Å². The predicted molar refractivity (Wildman–Crippen MR) is 78.6 cm³/mol. The van der Waals surface area contributed by atoms with Crippen molar-refractivity contribution in [3.8, 4) is 17.2 Å². The van der Waals surface area contributed by atoms with Gasteiger partial charge in [-0.25, -0.2) is 4.98 Å². The fourth-order valence-electron chi connectivity index (χ4n) is 2.15. The molecule has 0 aliphatic carbocycles. The van der Waals surface area contributed by atoms with Crippen LogP contribution in [0.3, 0.4) is 0 Å². The van der Waals surface area contributed by atoms with Gasteiger partial charge in [0, 0.05) is 23.7 Å². The molecule has 0 radical (unpaired) electrons. The lowest BCUT2D eigenvalue weighted by Gasteiger charge is -2.16. The van der Waals surface area contributed by atoms with E-state index in [4.69, 9.17) is 25.4 Å². The molecule has 2 rings (SSSR count). The van der Waals surface area contributed by atoms with E-state index < -0.39 is 0 Å². The summed E-state index contributed by atoms with van der Waals surface area (Å²) < 4.78 is 16.5. The van der Waals surface area contributed by atoms with E-state index in [-0.39, 0.29) is 11.4 Å². The van der Waals surface area contributed by atoms with Crippen molar-refractivity contribution in [2.24, 2.45) is 0 Å². The molecule has 1 aromatic heterocycles. The molecule has 1 heterocycles. The van der Waals surface area contributed by atoms with Crippen LogP contribution in [0.25, 0.3) is 0 Å². The van der Waals surface area contributed by atoms with E-state index in [0.29, 0.717) is 34.0 Å². The molecule has 0 bridgehead atoms. The number of ether oxygens (including phenoxy) is 3. The van der Waals surface area contributed by atoms with Gasteiger partial charge in [-0.15, -0.1) is 4.73 Å². The van der Waals surface area contributed by atoms with Crippen LogP contribution in [0.4, 0.5) is 5.82 Å². The summed E-state index contributed by atoms with van der Waals surface area (Å²) in [6.07, 6.45) is 1.80. The van der Waals surface area contributed by atoms with E-state index in [1.54, 1.807) is 13.2 Å². The molecule has 0 aliphatic rings. The summed E-state index contributed by atoms with van der Waals surface area (Å²) in [5, 5.41) is 17.0. The van der Waals surface area contributed by atoms with Gasteiger partial charge >= 0.3 is 0 Å². The fraction of sp³-hybridized carbons (Fsp3) is 0.286. The highest BCUT2D eigenvalue weighted by Crippen LogP contribution is 2.40. The smallest absolute Gasteiger partial charge is 0.257 e. The number of hydrogen-bond acceptors (Lipinski definition) is 7. The average molecular weight is 306 g/mol. The SMILES string of the molecule is COc1ccc(Cc2cnc(=N)n(O)c2N)c(OC)c1OC. The molecule has 1 aromatic carbocycles. The Morgan fingerprint density at radius 3 is 2.41 bits per heavy atom. The van der Waals surface area contributed by atoms with Crippen LogP contribution < -0.4 is 25.6 Å². The normalized spacial score (nSPS) is 10.3. The minimum atomic E-state index is -0.333. The van der Waals surface area contributed by atoms with Crippen LogP contribution in [-0.4, -0.2) is 36.3 Å². The molecule has 0 fully saturated rings. The standard InChI is InChI=1S/C14H18N4O4/c1-20-10-5-4-8(11(21-2)12(10)22-3)6-9-7-17-14(16)18(19)13(9)15/h4-5,7,16,19H,6,15H2,1-3H3. The molecule has 8 nitrogen and oxygen atoms in total. The van der Waals surface area contributed by atoms with Gasteiger partial charge in [0.1, 0.15) is 5.82 Å². The van der Waals surface area contributed by atoms with Gasteiger partial charge in [-0.2, -0.15) is 0 Å². The van der Waals surface area contributed by atoms with E-state index in [0.717, 1.165) is 5.56 Å². The first-order valence-corrected chi connectivity index (χ1v) is 6.41. The lowest BCUT2D eigenvalue weighted by molar-refractivity contribution is 0.171. The number of anilines is 1. The van der Waals surface area contributed by atoms with E-state index in [1.807, 2.05) is 6.07 Å². The second-order valence-corrected chi connectivity index (χ2v) is 4.47. The minimum Gasteiger partial charge on any atom is -0.493 e. The Balaban J connectivity index is 2.50. The van der Waals surface area contributed by atoms with Crippen LogP contribution in [0.5, 0.6) is 17.2 Å². The number of hydrogen-bond donors (Lipinski definition) is 3. The maximum Gasteiger partial charge on any atom is 0.257 e. The highest BCUT2D eigenvalue weighted by atomic mass is 16.5. The van der Waals surface area contributed by atoms with E-state index >= 15 is 0 Å². The van der Waals surface area contributed by atoms with Crippen LogP contribution in [0.1, 0.15) is 11.1 Å². The number of methoxy groups -OCH3 is 3. The molecule has 118 valence electrons. The van der Waals surface area contributed by atoms with Crippen molar-refractivity contribution >= 4 is 5.82 Å². The molecule has 0 aliphatic heterocycles. The summed E-state index contributed by atoms with van der Waals surface area (Å²) in [4.78, 5) is 3.77. The highest BCUT2D eigenvalue weighted by Gasteiger charge is 2.17. The topological polar surface area (TPSA) is 116 Å². The van der Waals surface area contributed by atoms with Crippen molar-refractivity contribution in [3.05, 3.63) is 35.1 Å². The molecule has 0 saturated heterocycles. The van der Waals surface area contributed by atoms with E-state index in [1.165, 1.54) is 20.4 Å². The highest BCUT2D eigenvalue weighted by molar-refractivity contribution is 5.57. The number of nitrogens with one attached hydrogen (secondary N) is 1. The zero-order valence-electron chi connectivity index (χ0n) is 12.6. The summed E-state index contributed by atoms with van der Waals surface area (Å²) >= 11 is 0. The molecule has 0 atom stereocenters. The molecule has 0 amide bonds. The minimum absolute atomic E-state index is 0.0526. The molecule has 22 heavy (non-hydrogen) atoms. The van der Waals surface area contributed by atoms with Gasteiger partial charge in [-0.05, 0) is 6.07 Å². The lowest BCUT2D eigenvalue weighted by Crippen LogP contribution is -2.24. The van der Waals surface area contributed by atoms with Crippen molar-refractivity contribution < 1.29 is 19.4 Å². The predicted octanol–water partition coefficient (Wildman–Crippen LogP) is 0.799. The second kappa shape index (κ2) is 6.25. The number of rotatable bonds is 5. The van der Waals surface area contributed by atoms with Gasteiger partial charge in [0.2, 0.25) is 5.75 Å². The third kappa shape index (κ3) is 2.62. The average Bonchev–Trinajstić information content (AvgIpc) is 2.54. The van der Waals surface area contributed by atoms with E-state index in [9.17, 15) is 5.21 Å². The Bertz CT molecular complexity index is 742. The van der Waals surface area contributed by atoms with Crippen molar-refractivity contribution in [1.82, 2.24) is 9.71 Å². The number of benzene rings is 1. The Kier molecular flexibility index (Phi) is 4.40. The molecular weight excluding hydrogens is 288 g/mol. The molecule has 8 heteroatoms. The second-order valence-electron chi connectivity index (χ2n) is 4.47. The van der Waals surface area contributed by atoms with Crippen molar-refractivity contribution in [2.45, 2.75) is 6.42 Å². The lowest BCUT2D eigenvalue weighted by atomic mass is 10.0. The van der Waals surface area contributed by atoms with Gasteiger partial charge in [0.25, 0.3) is 5.62 Å². The Hall–Kier alpha value is -2.90. The van der Waals surface area contributed by atoms with Crippen LogP contribution in [0, 0.1) is 5.41 Å². The largest absolute Gasteiger partial charge is 0.493 e. The van der Waals surface area contributed by atoms with Crippen molar-refractivity contribution in [1.29, 1.82) is 5.41 Å². The molecule has 2 aromatic rings. The molecular formula is C14H18N4O4. The molecule has 4 N–H and O–H groups in total. The van der Waals surface area contributed by atoms with Crippen LogP contribution in [-0.2, 0) is 6.42 Å². The van der Waals surface area contributed by atoms with E-state index in [2.05, 4.69) is 4.98 Å². The Morgan fingerprint density at radius 2 is 1.82 bits per heavy atom. The first-order valence-electron chi connectivity index (χ1n) is 6.41. The molecule has 0 unspecified atom stereocenters. The number of nitrogens with zero attached hydrogens (tertiary/aromatic N) is 2. The van der Waals surface area contributed by atoms with Gasteiger partial charge in [-0.1, -0.05) is 6.07 Å². The third-order valence-corrected chi connectivity index (χ3v) is 3.27. The Labute approximate surface area is 127 Å². The molecule has 0 saturated carbocycles. The van der Waals surface area contributed by atoms with Crippen LogP contribution in [0.15, 0.2) is 18.3 Å². The zero-order valence-corrected chi connectivity index (χ0v) is 12.6. The quantitative estimate of drug-likeness (QED) is 0.704. The summed E-state index contributed by atoms with van der Waals surface area (Å²) in [5.74, 6) is 1.59. The number of aromatic nitrogens is 2. The molecule has 0 spiro atoms. The monoisotopic (exact) mass is 306 g/mol. The summed E-state index contributed by atoms with van der Waals surface area (Å²) in [7, 11) is 4.60. The van der Waals surface area contributed by atoms with Gasteiger partial charge < -0.3 is 25.2 Å². The third-order valence-electron chi connectivity index (χ3n) is 3.27. The van der Waals surface area contributed by atoms with Crippen molar-refractivity contribution in [3.63, 3.8) is 0 Å². The fourth-order valence-corrected chi connectivity index (χ4v) is 2.15. The maximum atomic E-state index is 9.64. The van der Waals surface area contributed by atoms with Crippen LogP contribution >= 0.6 is 0 Å². The summed E-state index contributed by atoms with van der Waals surface area (Å²) in [5.41, 5.74) is 6.82. The first kappa shape index (κ1) is 15.5. The van der Waals surface area contributed by atoms with Crippen molar-refractivity contribution in [2.75, 3.05) is 27.1 Å².